The molecule has 0 aliphatic carbocycles. The lowest BCUT2D eigenvalue weighted by atomic mass is 9.96. The van der Waals surface area contributed by atoms with Crippen molar-refractivity contribution < 1.29 is 4.74 Å². The smallest absolute Gasteiger partial charge is 0.119 e. The van der Waals surface area contributed by atoms with Crippen molar-refractivity contribution in [3.63, 3.8) is 0 Å². The molecule has 1 heterocycles. The molecule has 1 saturated heterocycles. The standard InChI is InChI=1S/C24H25BrN2O/c25-22-10-6-20(7-11-22)24(27-16-14-26-15-17-27)21-8-12-23(13-9-21)28-18-19-4-2-1-3-5-19/h1-13,24,26H,14-18H2. The number of rotatable bonds is 6. The number of hydrogen-bond acceptors (Lipinski definition) is 3. The molecule has 4 heteroatoms. The molecule has 1 fully saturated rings. The maximum absolute atomic E-state index is 5.96. The second kappa shape index (κ2) is 9.37. The molecule has 0 radical (unpaired) electrons. The summed E-state index contributed by atoms with van der Waals surface area (Å²) < 4.78 is 7.07. The van der Waals surface area contributed by atoms with E-state index in [0.29, 0.717) is 6.61 Å². The van der Waals surface area contributed by atoms with Gasteiger partial charge in [-0.3, -0.25) is 4.90 Å². The third-order valence-electron chi connectivity index (χ3n) is 5.15. The highest BCUT2D eigenvalue weighted by Gasteiger charge is 2.23. The van der Waals surface area contributed by atoms with Crippen LogP contribution in [0.25, 0.3) is 0 Å². The fourth-order valence-corrected chi connectivity index (χ4v) is 3.95. The fraction of sp³-hybridized carbons (Fsp3) is 0.250. The first kappa shape index (κ1) is 19.2. The van der Waals surface area contributed by atoms with Crippen LogP contribution in [0, 0.1) is 0 Å². The van der Waals surface area contributed by atoms with Crippen molar-refractivity contribution in [1.29, 1.82) is 0 Å². The molecule has 0 saturated carbocycles. The van der Waals surface area contributed by atoms with Gasteiger partial charge in [-0.25, -0.2) is 0 Å². The number of halogens is 1. The van der Waals surface area contributed by atoms with Gasteiger partial charge in [0.15, 0.2) is 0 Å². The molecule has 3 aromatic carbocycles. The minimum atomic E-state index is 0.262. The molecule has 0 spiro atoms. The van der Waals surface area contributed by atoms with Crippen LogP contribution in [-0.2, 0) is 6.61 Å². The van der Waals surface area contributed by atoms with Crippen LogP contribution in [0.15, 0.2) is 83.3 Å². The summed E-state index contributed by atoms with van der Waals surface area (Å²) in [5.74, 6) is 0.905. The Hall–Kier alpha value is -2.14. The summed E-state index contributed by atoms with van der Waals surface area (Å²) in [5.41, 5.74) is 3.81. The Morgan fingerprint density at radius 3 is 2.07 bits per heavy atom. The molecule has 28 heavy (non-hydrogen) atoms. The van der Waals surface area contributed by atoms with Gasteiger partial charge in [0.1, 0.15) is 12.4 Å². The first-order chi connectivity index (χ1) is 13.8. The van der Waals surface area contributed by atoms with Crippen LogP contribution in [0.4, 0.5) is 0 Å². The molecule has 1 aliphatic heterocycles. The van der Waals surface area contributed by atoms with Crippen LogP contribution in [0.1, 0.15) is 22.7 Å². The van der Waals surface area contributed by atoms with E-state index in [1.807, 2.05) is 18.2 Å². The molecule has 0 bridgehead atoms. The summed E-state index contributed by atoms with van der Waals surface area (Å²) >= 11 is 3.55. The quantitative estimate of drug-likeness (QED) is 0.586. The molecule has 1 unspecified atom stereocenters. The highest BCUT2D eigenvalue weighted by atomic mass is 79.9. The van der Waals surface area contributed by atoms with E-state index < -0.39 is 0 Å². The Kier molecular flexibility index (Phi) is 6.42. The largest absolute Gasteiger partial charge is 0.489 e. The molecule has 1 atom stereocenters. The van der Waals surface area contributed by atoms with E-state index in [2.05, 4.69) is 86.8 Å². The summed E-state index contributed by atoms with van der Waals surface area (Å²) in [6.45, 7) is 4.75. The summed E-state index contributed by atoms with van der Waals surface area (Å²) in [7, 11) is 0. The molecule has 1 aliphatic rings. The van der Waals surface area contributed by atoms with E-state index in [1.54, 1.807) is 0 Å². The monoisotopic (exact) mass is 436 g/mol. The van der Waals surface area contributed by atoms with Gasteiger partial charge in [-0.05, 0) is 41.0 Å². The number of nitrogens with zero attached hydrogens (tertiary/aromatic N) is 1. The van der Waals surface area contributed by atoms with Gasteiger partial charge in [0.05, 0.1) is 6.04 Å². The van der Waals surface area contributed by atoms with E-state index in [1.165, 1.54) is 16.7 Å². The second-order valence-corrected chi connectivity index (χ2v) is 8.00. The zero-order chi connectivity index (χ0) is 19.2. The predicted octanol–water partition coefficient (Wildman–Crippen LogP) is 5.02. The van der Waals surface area contributed by atoms with E-state index >= 15 is 0 Å². The van der Waals surface area contributed by atoms with Gasteiger partial charge < -0.3 is 10.1 Å². The Morgan fingerprint density at radius 2 is 1.43 bits per heavy atom. The molecular formula is C24H25BrN2O. The van der Waals surface area contributed by atoms with Crippen LogP contribution >= 0.6 is 15.9 Å². The molecule has 3 nitrogen and oxygen atoms in total. The molecule has 0 aromatic heterocycles. The molecular weight excluding hydrogens is 412 g/mol. The Balaban J connectivity index is 1.53. The van der Waals surface area contributed by atoms with Crippen LogP contribution in [0.2, 0.25) is 0 Å². The van der Waals surface area contributed by atoms with Crippen LogP contribution in [-0.4, -0.2) is 31.1 Å². The topological polar surface area (TPSA) is 24.5 Å². The van der Waals surface area contributed by atoms with Crippen molar-refractivity contribution in [2.75, 3.05) is 26.2 Å². The minimum absolute atomic E-state index is 0.262. The summed E-state index contributed by atoms with van der Waals surface area (Å²) in [6.07, 6.45) is 0. The Morgan fingerprint density at radius 1 is 0.821 bits per heavy atom. The molecule has 4 rings (SSSR count). The third kappa shape index (κ3) is 4.82. The van der Waals surface area contributed by atoms with Gasteiger partial charge in [-0.2, -0.15) is 0 Å². The average Bonchev–Trinajstić information content (AvgIpc) is 2.76. The van der Waals surface area contributed by atoms with Gasteiger partial charge in [-0.15, -0.1) is 0 Å². The average molecular weight is 437 g/mol. The maximum Gasteiger partial charge on any atom is 0.119 e. The first-order valence-electron chi connectivity index (χ1n) is 9.76. The molecule has 1 N–H and O–H groups in total. The lowest BCUT2D eigenvalue weighted by Gasteiger charge is -2.35. The Bertz CT molecular complexity index is 859. The number of nitrogens with one attached hydrogen (secondary N) is 1. The van der Waals surface area contributed by atoms with Crippen molar-refractivity contribution in [2.24, 2.45) is 0 Å². The predicted molar refractivity (Wildman–Crippen MR) is 118 cm³/mol. The fourth-order valence-electron chi connectivity index (χ4n) is 3.69. The minimum Gasteiger partial charge on any atom is -0.489 e. The van der Waals surface area contributed by atoms with E-state index in [0.717, 1.165) is 36.4 Å². The van der Waals surface area contributed by atoms with Crippen LogP contribution in [0.3, 0.4) is 0 Å². The number of benzene rings is 3. The van der Waals surface area contributed by atoms with Gasteiger partial charge in [0.2, 0.25) is 0 Å². The summed E-state index contributed by atoms with van der Waals surface area (Å²) in [4.78, 5) is 2.56. The number of piperazine rings is 1. The second-order valence-electron chi connectivity index (χ2n) is 7.08. The highest BCUT2D eigenvalue weighted by Crippen LogP contribution is 2.31. The van der Waals surface area contributed by atoms with E-state index in [4.69, 9.17) is 4.74 Å². The number of ether oxygens (including phenoxy) is 1. The molecule has 3 aromatic rings. The molecule has 144 valence electrons. The summed E-state index contributed by atoms with van der Waals surface area (Å²) in [6, 6.07) is 27.8. The zero-order valence-corrected chi connectivity index (χ0v) is 17.4. The normalized spacial score (nSPS) is 15.9. The zero-order valence-electron chi connectivity index (χ0n) is 15.9. The van der Waals surface area contributed by atoms with Crippen LogP contribution in [0.5, 0.6) is 5.75 Å². The lowest BCUT2D eigenvalue weighted by molar-refractivity contribution is 0.198. The maximum atomic E-state index is 5.96. The van der Waals surface area contributed by atoms with E-state index in [9.17, 15) is 0 Å². The SMILES string of the molecule is Brc1ccc(C(c2ccc(OCc3ccccc3)cc2)N2CCNCC2)cc1. The molecule has 0 amide bonds. The Labute approximate surface area is 175 Å². The van der Waals surface area contributed by atoms with Gasteiger partial charge >= 0.3 is 0 Å². The van der Waals surface area contributed by atoms with Gasteiger partial charge in [0.25, 0.3) is 0 Å². The lowest BCUT2D eigenvalue weighted by Crippen LogP contribution is -2.45. The van der Waals surface area contributed by atoms with Crippen molar-refractivity contribution in [1.82, 2.24) is 10.2 Å². The van der Waals surface area contributed by atoms with E-state index in [-0.39, 0.29) is 6.04 Å². The number of hydrogen-bond donors (Lipinski definition) is 1. The summed E-state index contributed by atoms with van der Waals surface area (Å²) in [5, 5.41) is 3.45. The van der Waals surface area contributed by atoms with Crippen molar-refractivity contribution in [3.8, 4) is 5.75 Å². The van der Waals surface area contributed by atoms with Crippen molar-refractivity contribution >= 4 is 15.9 Å². The van der Waals surface area contributed by atoms with Crippen LogP contribution < -0.4 is 10.1 Å². The third-order valence-corrected chi connectivity index (χ3v) is 5.68. The van der Waals surface area contributed by atoms with Gasteiger partial charge in [-0.1, -0.05) is 70.5 Å². The van der Waals surface area contributed by atoms with Crippen molar-refractivity contribution in [3.05, 3.63) is 100 Å². The highest BCUT2D eigenvalue weighted by molar-refractivity contribution is 9.10. The van der Waals surface area contributed by atoms with Crippen molar-refractivity contribution in [2.45, 2.75) is 12.6 Å². The van der Waals surface area contributed by atoms with Gasteiger partial charge in [0, 0.05) is 30.7 Å². The first-order valence-corrected chi connectivity index (χ1v) is 10.6.